The van der Waals surface area contributed by atoms with Crippen molar-refractivity contribution >= 4 is 18.9 Å². The third kappa shape index (κ3) is 8.67. The van der Waals surface area contributed by atoms with Crippen LogP contribution in [0.1, 0.15) is 39.5 Å². The molecule has 1 radical (unpaired) electrons. The van der Waals surface area contributed by atoms with Crippen LogP contribution in [0.4, 0.5) is 0 Å². The Morgan fingerprint density at radius 1 is 1.29 bits per heavy atom. The van der Waals surface area contributed by atoms with Gasteiger partial charge in [0, 0.05) is 0 Å². The summed E-state index contributed by atoms with van der Waals surface area (Å²) < 4.78 is 0. The maximum atomic E-state index is 4.03. The van der Waals surface area contributed by atoms with Gasteiger partial charge in [-0.15, -0.1) is 6.58 Å². The Morgan fingerprint density at radius 3 is 2.21 bits per heavy atom. The molecular formula is C13H24Li. The molecule has 1 heteroatoms. The number of allylic oxidation sites excluding steroid dienone is 2. The van der Waals surface area contributed by atoms with Crippen LogP contribution < -0.4 is 0 Å². The molecule has 14 heavy (non-hydrogen) atoms. The molecule has 0 bridgehead atoms. The fourth-order valence-corrected chi connectivity index (χ4v) is 1.44. The van der Waals surface area contributed by atoms with Gasteiger partial charge in [-0.3, -0.25) is 0 Å². The van der Waals surface area contributed by atoms with E-state index in [9.17, 15) is 0 Å². The van der Waals surface area contributed by atoms with Crippen molar-refractivity contribution in [3.8, 4) is 0 Å². The minimum absolute atomic E-state index is 0. The van der Waals surface area contributed by atoms with E-state index in [1.165, 1.54) is 24.8 Å². The van der Waals surface area contributed by atoms with Crippen LogP contribution in [-0.4, -0.2) is 18.9 Å². The molecule has 0 heterocycles. The van der Waals surface area contributed by atoms with E-state index in [1.54, 1.807) is 0 Å². The molecule has 0 aromatic heterocycles. The Kier molecular flexibility index (Phi) is 11.3. The first-order chi connectivity index (χ1) is 6.07. The first kappa shape index (κ1) is 16.5. The van der Waals surface area contributed by atoms with Crippen molar-refractivity contribution in [2.75, 3.05) is 0 Å². The van der Waals surface area contributed by atoms with E-state index in [1.807, 2.05) is 6.08 Å². The van der Waals surface area contributed by atoms with E-state index >= 15 is 0 Å². The van der Waals surface area contributed by atoms with Crippen LogP contribution in [0.3, 0.4) is 0 Å². The monoisotopic (exact) mass is 187 g/mol. The van der Waals surface area contributed by atoms with Gasteiger partial charge in [0.25, 0.3) is 0 Å². The molecule has 0 N–H and O–H groups in total. The zero-order valence-corrected chi connectivity index (χ0v) is 9.18. The Hall–Kier alpha value is 0.0774. The molecule has 77 valence electrons. The van der Waals surface area contributed by atoms with Crippen LogP contribution in [-0.2, 0) is 0 Å². The van der Waals surface area contributed by atoms with Crippen molar-refractivity contribution in [1.29, 1.82) is 0 Å². The minimum atomic E-state index is 0. The molecule has 0 aromatic rings. The molecule has 0 spiro atoms. The molecule has 0 rings (SSSR count). The predicted octanol–water partition coefficient (Wildman–Crippen LogP) is 3.75. The van der Waals surface area contributed by atoms with Crippen LogP contribution in [0, 0.1) is 18.8 Å². The quantitative estimate of drug-likeness (QED) is 0.420. The standard InChI is InChI=1S/C13H23.Li.H/c1-6-7-8-13(12(4)5)10-9-11(2)3;;/h6,11,13H,1-2,4,7-10H2,3,5H3;;. The molecule has 0 saturated heterocycles. The molecule has 0 amide bonds. The van der Waals surface area contributed by atoms with Gasteiger partial charge in [0.05, 0.1) is 0 Å². The van der Waals surface area contributed by atoms with E-state index in [0.29, 0.717) is 11.8 Å². The second kappa shape index (κ2) is 9.63. The Balaban J connectivity index is 0. The van der Waals surface area contributed by atoms with Gasteiger partial charge < -0.3 is 0 Å². The van der Waals surface area contributed by atoms with Gasteiger partial charge in [0.2, 0.25) is 0 Å². The van der Waals surface area contributed by atoms with Crippen molar-refractivity contribution in [2.24, 2.45) is 11.8 Å². The SMILES string of the molecule is [CH2]C(C)CCC(CCC=C)C(=C)C.[LiH]. The summed E-state index contributed by atoms with van der Waals surface area (Å²) in [6.45, 7) is 16.1. The van der Waals surface area contributed by atoms with Crippen molar-refractivity contribution in [1.82, 2.24) is 0 Å². The molecule has 0 aliphatic heterocycles. The zero-order chi connectivity index (χ0) is 10.3. The Morgan fingerprint density at radius 2 is 1.86 bits per heavy atom. The topological polar surface area (TPSA) is 0 Å². The summed E-state index contributed by atoms with van der Waals surface area (Å²) in [4.78, 5) is 0. The van der Waals surface area contributed by atoms with Crippen LogP contribution in [0.5, 0.6) is 0 Å². The Labute approximate surface area is 102 Å². The second-order valence-electron chi connectivity index (χ2n) is 4.09. The molecule has 2 atom stereocenters. The van der Waals surface area contributed by atoms with Crippen molar-refractivity contribution in [3.05, 3.63) is 31.7 Å². The fraction of sp³-hybridized carbons (Fsp3) is 0.615. The van der Waals surface area contributed by atoms with Crippen LogP contribution in [0.25, 0.3) is 0 Å². The van der Waals surface area contributed by atoms with Gasteiger partial charge in [-0.1, -0.05) is 38.5 Å². The van der Waals surface area contributed by atoms with Gasteiger partial charge in [-0.05, 0) is 38.0 Å². The van der Waals surface area contributed by atoms with E-state index in [4.69, 9.17) is 0 Å². The normalized spacial score (nSPS) is 12.0. The van der Waals surface area contributed by atoms with Crippen molar-refractivity contribution in [2.45, 2.75) is 39.5 Å². The van der Waals surface area contributed by atoms with Crippen LogP contribution in [0.15, 0.2) is 24.8 Å². The van der Waals surface area contributed by atoms with E-state index in [-0.39, 0.29) is 18.9 Å². The van der Waals surface area contributed by atoms with Gasteiger partial charge in [0.15, 0.2) is 0 Å². The third-order valence-electron chi connectivity index (χ3n) is 2.42. The molecule has 0 fully saturated rings. The van der Waals surface area contributed by atoms with Gasteiger partial charge in [0.1, 0.15) is 0 Å². The number of hydrogen-bond acceptors (Lipinski definition) is 0. The molecule has 2 unspecified atom stereocenters. The average Bonchev–Trinajstić information content (AvgIpc) is 2.03. The first-order valence-electron chi connectivity index (χ1n) is 5.17. The van der Waals surface area contributed by atoms with Gasteiger partial charge >= 0.3 is 18.9 Å². The molecular weight excluding hydrogens is 163 g/mol. The van der Waals surface area contributed by atoms with Crippen LogP contribution >= 0.6 is 0 Å². The summed E-state index contributed by atoms with van der Waals surface area (Å²) >= 11 is 0. The van der Waals surface area contributed by atoms with Crippen LogP contribution in [0.2, 0.25) is 0 Å². The molecule has 0 nitrogen and oxygen atoms in total. The van der Waals surface area contributed by atoms with Gasteiger partial charge in [-0.2, -0.15) is 0 Å². The summed E-state index contributed by atoms with van der Waals surface area (Å²) in [5.74, 6) is 1.23. The summed E-state index contributed by atoms with van der Waals surface area (Å²) in [7, 11) is 0. The first-order valence-corrected chi connectivity index (χ1v) is 5.17. The molecule has 0 aromatic carbocycles. The second-order valence-corrected chi connectivity index (χ2v) is 4.09. The molecule has 0 aliphatic carbocycles. The fourth-order valence-electron chi connectivity index (χ4n) is 1.44. The molecule has 0 aliphatic rings. The summed E-state index contributed by atoms with van der Waals surface area (Å²) in [6.07, 6.45) is 6.72. The summed E-state index contributed by atoms with van der Waals surface area (Å²) in [5.41, 5.74) is 1.31. The zero-order valence-electron chi connectivity index (χ0n) is 9.18. The van der Waals surface area contributed by atoms with Crippen molar-refractivity contribution in [3.63, 3.8) is 0 Å². The van der Waals surface area contributed by atoms with Crippen molar-refractivity contribution < 1.29 is 0 Å². The van der Waals surface area contributed by atoms with Gasteiger partial charge in [-0.25, -0.2) is 0 Å². The molecule has 0 saturated carbocycles. The average molecular weight is 187 g/mol. The maximum absolute atomic E-state index is 4.03. The summed E-state index contributed by atoms with van der Waals surface area (Å²) in [5, 5.41) is 0. The number of rotatable bonds is 7. The summed E-state index contributed by atoms with van der Waals surface area (Å²) in [6, 6.07) is 0. The van der Waals surface area contributed by atoms with E-state index in [2.05, 4.69) is 33.9 Å². The third-order valence-corrected chi connectivity index (χ3v) is 2.42. The van der Waals surface area contributed by atoms with E-state index in [0.717, 1.165) is 6.42 Å². The van der Waals surface area contributed by atoms with E-state index < -0.39 is 0 Å². The number of hydrogen-bond donors (Lipinski definition) is 0. The predicted molar refractivity (Wildman–Crippen MR) is 68.6 cm³/mol. The Bertz CT molecular complexity index is 159.